The van der Waals surface area contributed by atoms with E-state index in [4.69, 9.17) is 5.73 Å². The summed E-state index contributed by atoms with van der Waals surface area (Å²) in [5.41, 5.74) is 6.33. The van der Waals surface area contributed by atoms with E-state index in [1.54, 1.807) is 4.90 Å². The van der Waals surface area contributed by atoms with E-state index in [2.05, 4.69) is 9.97 Å². The summed E-state index contributed by atoms with van der Waals surface area (Å²) in [7, 11) is 0. The summed E-state index contributed by atoms with van der Waals surface area (Å²) in [6.07, 6.45) is 2.57. The first-order chi connectivity index (χ1) is 8.99. The molecule has 0 saturated carbocycles. The Kier molecular flexibility index (Phi) is 3.99. The summed E-state index contributed by atoms with van der Waals surface area (Å²) in [4.78, 5) is 22.4. The lowest BCUT2D eigenvalue weighted by Crippen LogP contribution is -2.42. The molecule has 1 atom stereocenters. The molecule has 0 aromatic carbocycles. The molecule has 1 unspecified atom stereocenters. The number of aliphatic hydroxyl groups excluding tert-OH is 1. The molecular weight excluding hydrogens is 244 g/mol. The van der Waals surface area contributed by atoms with E-state index in [9.17, 15) is 9.90 Å². The van der Waals surface area contributed by atoms with Gasteiger partial charge in [0.1, 0.15) is 5.82 Å². The molecule has 0 bridgehead atoms. The van der Waals surface area contributed by atoms with E-state index in [0.29, 0.717) is 18.9 Å². The first-order valence-corrected chi connectivity index (χ1v) is 6.58. The molecule has 19 heavy (non-hydrogen) atoms. The van der Waals surface area contributed by atoms with E-state index in [1.807, 2.05) is 13.8 Å². The lowest BCUT2D eigenvalue weighted by atomic mass is 10.1. The summed E-state index contributed by atoms with van der Waals surface area (Å²) in [5, 5.41) is 9.63. The fourth-order valence-corrected chi connectivity index (χ4v) is 2.14. The molecule has 2 rings (SSSR count). The van der Waals surface area contributed by atoms with Crippen molar-refractivity contribution in [3.8, 4) is 0 Å². The molecule has 0 aliphatic carbocycles. The van der Waals surface area contributed by atoms with Crippen LogP contribution in [0.25, 0.3) is 0 Å². The van der Waals surface area contributed by atoms with Crippen LogP contribution in [-0.4, -0.2) is 45.1 Å². The van der Waals surface area contributed by atoms with Gasteiger partial charge in [-0.2, -0.15) is 0 Å². The van der Waals surface area contributed by atoms with Gasteiger partial charge in [0.05, 0.1) is 18.0 Å². The van der Waals surface area contributed by atoms with E-state index in [1.165, 1.54) is 6.20 Å². The minimum Gasteiger partial charge on any atom is -0.396 e. The Labute approximate surface area is 112 Å². The molecule has 1 aliphatic rings. The molecule has 0 radical (unpaired) electrons. The Morgan fingerprint density at radius 3 is 2.95 bits per heavy atom. The van der Waals surface area contributed by atoms with Gasteiger partial charge in [0.25, 0.3) is 5.91 Å². The summed E-state index contributed by atoms with van der Waals surface area (Å²) in [6, 6.07) is 0. The average Bonchev–Trinajstić information content (AvgIpc) is 2.38. The van der Waals surface area contributed by atoms with Gasteiger partial charge in [-0.05, 0) is 12.8 Å². The SMILES string of the molecule is CC(C)c1ncc(N)c(C(=O)N2CCCC(O)C2)n1. The highest BCUT2D eigenvalue weighted by atomic mass is 16.3. The number of hydrogen-bond donors (Lipinski definition) is 2. The first kappa shape index (κ1) is 13.7. The Bertz CT molecular complexity index is 476. The van der Waals surface area contributed by atoms with Gasteiger partial charge in [0.2, 0.25) is 0 Å². The number of anilines is 1. The quantitative estimate of drug-likeness (QED) is 0.823. The van der Waals surface area contributed by atoms with Gasteiger partial charge < -0.3 is 15.7 Å². The average molecular weight is 264 g/mol. The molecule has 3 N–H and O–H groups in total. The second-order valence-corrected chi connectivity index (χ2v) is 5.23. The largest absolute Gasteiger partial charge is 0.396 e. The van der Waals surface area contributed by atoms with Crippen LogP contribution in [0.2, 0.25) is 0 Å². The van der Waals surface area contributed by atoms with Crippen LogP contribution in [-0.2, 0) is 0 Å². The van der Waals surface area contributed by atoms with Gasteiger partial charge in [-0.1, -0.05) is 13.8 Å². The standard InChI is InChI=1S/C13H20N4O2/c1-8(2)12-15-6-10(14)11(16-12)13(19)17-5-3-4-9(18)7-17/h6,8-9,18H,3-5,7,14H2,1-2H3. The van der Waals surface area contributed by atoms with Crippen molar-refractivity contribution >= 4 is 11.6 Å². The van der Waals surface area contributed by atoms with Crippen molar-refractivity contribution in [1.29, 1.82) is 0 Å². The van der Waals surface area contributed by atoms with Crippen molar-refractivity contribution in [3.63, 3.8) is 0 Å². The van der Waals surface area contributed by atoms with E-state index in [0.717, 1.165) is 12.8 Å². The van der Waals surface area contributed by atoms with Crippen LogP contribution in [0.5, 0.6) is 0 Å². The molecule has 6 heteroatoms. The molecule has 104 valence electrons. The van der Waals surface area contributed by atoms with Crippen LogP contribution in [0.4, 0.5) is 5.69 Å². The highest BCUT2D eigenvalue weighted by Gasteiger charge is 2.26. The number of aromatic nitrogens is 2. The van der Waals surface area contributed by atoms with Crippen LogP contribution >= 0.6 is 0 Å². The summed E-state index contributed by atoms with van der Waals surface area (Å²) >= 11 is 0. The van der Waals surface area contributed by atoms with Gasteiger partial charge >= 0.3 is 0 Å². The number of rotatable bonds is 2. The second kappa shape index (κ2) is 5.52. The topological polar surface area (TPSA) is 92.3 Å². The third-order valence-corrected chi connectivity index (χ3v) is 3.24. The number of aliphatic hydroxyl groups is 1. The molecule has 1 aromatic heterocycles. The maximum atomic E-state index is 12.4. The zero-order valence-electron chi connectivity index (χ0n) is 11.3. The predicted octanol–water partition coefficient (Wildman–Crippen LogP) is 0.779. The first-order valence-electron chi connectivity index (χ1n) is 6.58. The van der Waals surface area contributed by atoms with Crippen LogP contribution in [0, 0.1) is 0 Å². The lowest BCUT2D eigenvalue weighted by molar-refractivity contribution is 0.0469. The zero-order chi connectivity index (χ0) is 14.0. The van der Waals surface area contributed by atoms with Gasteiger partial charge in [-0.25, -0.2) is 9.97 Å². The molecule has 1 aliphatic heterocycles. The van der Waals surface area contributed by atoms with Crippen molar-refractivity contribution < 1.29 is 9.90 Å². The summed E-state index contributed by atoms with van der Waals surface area (Å²) < 4.78 is 0. The number of carbonyl (C=O) groups excluding carboxylic acids is 1. The number of β-amino-alcohol motifs (C(OH)–C–C–N with tert-alkyl or cyclic N) is 1. The van der Waals surface area contributed by atoms with Crippen molar-refractivity contribution in [2.45, 2.75) is 38.7 Å². The Morgan fingerprint density at radius 1 is 1.58 bits per heavy atom. The van der Waals surface area contributed by atoms with Crippen LogP contribution in [0.15, 0.2) is 6.20 Å². The minimum absolute atomic E-state index is 0.138. The lowest BCUT2D eigenvalue weighted by Gasteiger charge is -2.30. The smallest absolute Gasteiger partial charge is 0.274 e. The van der Waals surface area contributed by atoms with Gasteiger partial charge in [-0.15, -0.1) is 0 Å². The number of nitrogens with two attached hydrogens (primary N) is 1. The maximum Gasteiger partial charge on any atom is 0.274 e. The molecule has 1 amide bonds. The maximum absolute atomic E-state index is 12.4. The fraction of sp³-hybridized carbons (Fsp3) is 0.615. The number of hydrogen-bond acceptors (Lipinski definition) is 5. The van der Waals surface area contributed by atoms with Crippen molar-refractivity contribution in [3.05, 3.63) is 17.7 Å². The fourth-order valence-electron chi connectivity index (χ4n) is 2.14. The van der Waals surface area contributed by atoms with Gasteiger partial charge in [0.15, 0.2) is 5.69 Å². The summed E-state index contributed by atoms with van der Waals surface area (Å²) in [6.45, 7) is 4.91. The highest BCUT2D eigenvalue weighted by Crippen LogP contribution is 2.18. The second-order valence-electron chi connectivity index (χ2n) is 5.23. The van der Waals surface area contributed by atoms with E-state index in [-0.39, 0.29) is 23.2 Å². The zero-order valence-corrected chi connectivity index (χ0v) is 11.3. The number of amides is 1. The number of piperidine rings is 1. The molecule has 1 fully saturated rings. The Morgan fingerprint density at radius 2 is 2.32 bits per heavy atom. The molecule has 2 heterocycles. The van der Waals surface area contributed by atoms with Crippen molar-refractivity contribution in [1.82, 2.24) is 14.9 Å². The molecular formula is C13H20N4O2. The molecule has 1 saturated heterocycles. The van der Waals surface area contributed by atoms with Gasteiger partial charge in [-0.3, -0.25) is 4.79 Å². The Hall–Kier alpha value is -1.69. The third-order valence-electron chi connectivity index (χ3n) is 3.24. The van der Waals surface area contributed by atoms with Crippen molar-refractivity contribution in [2.24, 2.45) is 0 Å². The van der Waals surface area contributed by atoms with Crippen LogP contribution < -0.4 is 5.73 Å². The molecule has 0 spiro atoms. The number of carbonyl (C=O) groups is 1. The van der Waals surface area contributed by atoms with E-state index < -0.39 is 6.10 Å². The van der Waals surface area contributed by atoms with Crippen LogP contribution in [0.1, 0.15) is 48.9 Å². The normalized spacial score (nSPS) is 19.8. The van der Waals surface area contributed by atoms with Crippen LogP contribution in [0.3, 0.4) is 0 Å². The monoisotopic (exact) mass is 264 g/mol. The summed E-state index contributed by atoms with van der Waals surface area (Å²) in [5.74, 6) is 0.523. The van der Waals surface area contributed by atoms with Crippen molar-refractivity contribution in [2.75, 3.05) is 18.8 Å². The Balaban J connectivity index is 2.24. The highest BCUT2D eigenvalue weighted by molar-refractivity contribution is 5.97. The molecule has 1 aromatic rings. The molecule has 6 nitrogen and oxygen atoms in total. The third kappa shape index (κ3) is 3.01. The minimum atomic E-state index is -0.453. The number of likely N-dealkylation sites (tertiary alicyclic amines) is 1. The van der Waals surface area contributed by atoms with Gasteiger partial charge in [0, 0.05) is 19.0 Å². The van der Waals surface area contributed by atoms with E-state index >= 15 is 0 Å². The predicted molar refractivity (Wildman–Crippen MR) is 71.7 cm³/mol. The number of nitrogen functional groups attached to an aromatic ring is 1. The number of nitrogens with zero attached hydrogens (tertiary/aromatic N) is 3.